The quantitative estimate of drug-likeness (QED) is 0.408. The molecule has 1 fully saturated rings. The molecule has 0 atom stereocenters. The van der Waals surface area contributed by atoms with E-state index < -0.39 is 28.9 Å². The summed E-state index contributed by atoms with van der Waals surface area (Å²) in [6.07, 6.45) is 3.52. The average Bonchev–Trinajstić information content (AvgIpc) is 2.90. The SMILES string of the molecule is C/C=C/C(=O)Nc1cccc(C(F)(F)c2nc(Nc3ccc(N4CCN(CC)CC4)cc3)ncc2F)c1. The molecule has 4 rings (SSSR count). The first-order valence-electron chi connectivity index (χ1n) is 12.1. The molecule has 1 amide bonds. The zero-order valence-corrected chi connectivity index (χ0v) is 20.7. The van der Waals surface area contributed by atoms with Crippen LogP contribution >= 0.6 is 0 Å². The zero-order chi connectivity index (χ0) is 26.4. The van der Waals surface area contributed by atoms with E-state index in [0.717, 1.165) is 56.7 Å². The molecule has 1 aliphatic rings. The predicted molar refractivity (Wildman–Crippen MR) is 139 cm³/mol. The monoisotopic (exact) mass is 510 g/mol. The number of amides is 1. The van der Waals surface area contributed by atoms with Crippen LogP contribution in [0, 0.1) is 5.82 Å². The van der Waals surface area contributed by atoms with Gasteiger partial charge in [0.25, 0.3) is 0 Å². The molecule has 37 heavy (non-hydrogen) atoms. The molecule has 0 unspecified atom stereocenters. The van der Waals surface area contributed by atoms with Crippen LogP contribution in [0.1, 0.15) is 25.1 Å². The first kappa shape index (κ1) is 26.2. The molecular formula is C27H29F3N6O. The van der Waals surface area contributed by atoms with Crippen molar-refractivity contribution in [2.24, 2.45) is 0 Å². The van der Waals surface area contributed by atoms with Gasteiger partial charge in [0, 0.05) is 48.8 Å². The number of halogens is 3. The lowest BCUT2D eigenvalue weighted by molar-refractivity contribution is -0.111. The number of allylic oxidation sites excluding steroid dienone is 1. The number of carbonyl (C=O) groups excluding carboxylic acids is 1. The minimum Gasteiger partial charge on any atom is -0.369 e. The van der Waals surface area contributed by atoms with Gasteiger partial charge in [-0.2, -0.15) is 8.78 Å². The standard InChI is InChI=1S/C27H29F3N6O/c1-3-6-24(37)32-21-8-5-7-19(17-21)27(29,30)25-23(28)18-31-26(34-25)33-20-9-11-22(12-10-20)36-15-13-35(4-2)14-16-36/h3,5-12,17-18H,4,13-16H2,1-2H3,(H,32,37)(H,31,33,34)/b6-3+. The van der Waals surface area contributed by atoms with Crippen molar-refractivity contribution < 1.29 is 18.0 Å². The summed E-state index contributed by atoms with van der Waals surface area (Å²) < 4.78 is 45.2. The second-order valence-electron chi connectivity index (χ2n) is 8.63. The Hall–Kier alpha value is -3.92. The number of piperazine rings is 1. The molecule has 2 heterocycles. The fourth-order valence-electron chi connectivity index (χ4n) is 4.12. The van der Waals surface area contributed by atoms with Crippen molar-refractivity contribution in [3.05, 3.63) is 84.0 Å². The van der Waals surface area contributed by atoms with Crippen molar-refractivity contribution in [1.29, 1.82) is 0 Å². The van der Waals surface area contributed by atoms with Gasteiger partial charge in [-0.05, 0) is 55.9 Å². The van der Waals surface area contributed by atoms with Crippen molar-refractivity contribution in [3.8, 4) is 0 Å². The van der Waals surface area contributed by atoms with Crippen LogP contribution in [0.15, 0.2) is 66.9 Å². The van der Waals surface area contributed by atoms with Gasteiger partial charge in [0.1, 0.15) is 0 Å². The van der Waals surface area contributed by atoms with E-state index in [1.54, 1.807) is 6.92 Å². The number of nitrogens with one attached hydrogen (secondary N) is 2. The van der Waals surface area contributed by atoms with Gasteiger partial charge in [-0.15, -0.1) is 0 Å². The van der Waals surface area contributed by atoms with Gasteiger partial charge < -0.3 is 20.4 Å². The Bertz CT molecular complexity index is 1260. The second-order valence-corrected chi connectivity index (χ2v) is 8.63. The van der Waals surface area contributed by atoms with Gasteiger partial charge in [0.2, 0.25) is 11.9 Å². The van der Waals surface area contributed by atoms with Crippen molar-refractivity contribution in [3.63, 3.8) is 0 Å². The maximum atomic E-state index is 15.4. The molecular weight excluding hydrogens is 481 g/mol. The highest BCUT2D eigenvalue weighted by atomic mass is 19.3. The first-order chi connectivity index (χ1) is 17.8. The summed E-state index contributed by atoms with van der Waals surface area (Å²) in [5.74, 6) is -5.62. The van der Waals surface area contributed by atoms with E-state index in [2.05, 4.69) is 37.3 Å². The number of nitrogens with zero attached hydrogens (tertiary/aromatic N) is 4. The lowest BCUT2D eigenvalue weighted by atomic mass is 10.0. The van der Waals surface area contributed by atoms with E-state index in [0.29, 0.717) is 5.69 Å². The van der Waals surface area contributed by atoms with Crippen LogP contribution in [0.3, 0.4) is 0 Å². The Kier molecular flexibility index (Phi) is 8.08. The summed E-state index contributed by atoms with van der Waals surface area (Å²) >= 11 is 0. The maximum absolute atomic E-state index is 15.4. The number of rotatable bonds is 8. The van der Waals surface area contributed by atoms with Crippen molar-refractivity contribution in [1.82, 2.24) is 14.9 Å². The summed E-state index contributed by atoms with van der Waals surface area (Å²) in [7, 11) is 0. The fraction of sp³-hybridized carbons (Fsp3) is 0.296. The van der Waals surface area contributed by atoms with Crippen LogP contribution in [0.4, 0.5) is 36.2 Å². The number of aromatic nitrogens is 2. The van der Waals surface area contributed by atoms with Crippen LogP contribution in [0.2, 0.25) is 0 Å². The zero-order valence-electron chi connectivity index (χ0n) is 20.7. The number of alkyl halides is 2. The maximum Gasteiger partial charge on any atom is 0.318 e. The van der Waals surface area contributed by atoms with E-state index in [4.69, 9.17) is 0 Å². The van der Waals surface area contributed by atoms with E-state index in [1.807, 2.05) is 24.3 Å². The van der Waals surface area contributed by atoms with E-state index >= 15 is 8.78 Å². The largest absolute Gasteiger partial charge is 0.369 e. The molecule has 194 valence electrons. The van der Waals surface area contributed by atoms with Gasteiger partial charge in [0.15, 0.2) is 11.5 Å². The molecule has 10 heteroatoms. The molecule has 0 saturated carbocycles. The minimum atomic E-state index is -3.77. The molecule has 7 nitrogen and oxygen atoms in total. The Morgan fingerprint density at radius 3 is 2.49 bits per heavy atom. The molecule has 2 N–H and O–H groups in total. The van der Waals surface area contributed by atoms with Gasteiger partial charge in [0.05, 0.1) is 6.20 Å². The number of benzene rings is 2. The van der Waals surface area contributed by atoms with Gasteiger partial charge in [-0.3, -0.25) is 4.79 Å². The summed E-state index contributed by atoms with van der Waals surface area (Å²) in [6.45, 7) is 8.72. The minimum absolute atomic E-state index is 0.155. The van der Waals surface area contributed by atoms with Crippen LogP contribution in [0.25, 0.3) is 0 Å². The summed E-state index contributed by atoms with van der Waals surface area (Å²) in [6, 6.07) is 12.6. The number of carbonyl (C=O) groups is 1. The average molecular weight is 511 g/mol. The third-order valence-corrected chi connectivity index (χ3v) is 6.16. The Morgan fingerprint density at radius 2 is 1.81 bits per heavy atom. The highest BCUT2D eigenvalue weighted by molar-refractivity contribution is 5.99. The normalized spacial score (nSPS) is 14.7. The topological polar surface area (TPSA) is 73.4 Å². The molecule has 1 saturated heterocycles. The predicted octanol–water partition coefficient (Wildman–Crippen LogP) is 5.16. The molecule has 1 aromatic heterocycles. The number of anilines is 4. The van der Waals surface area contributed by atoms with Gasteiger partial charge >= 0.3 is 5.92 Å². The number of hydrogen-bond acceptors (Lipinski definition) is 6. The van der Waals surface area contributed by atoms with Crippen molar-refractivity contribution in [2.75, 3.05) is 48.3 Å². The molecule has 3 aromatic rings. The fourth-order valence-corrected chi connectivity index (χ4v) is 4.12. The van der Waals surface area contributed by atoms with Crippen LogP contribution in [-0.4, -0.2) is 53.5 Å². The van der Waals surface area contributed by atoms with E-state index in [-0.39, 0.29) is 11.6 Å². The Balaban J connectivity index is 1.50. The molecule has 0 bridgehead atoms. The first-order valence-corrected chi connectivity index (χ1v) is 12.1. The van der Waals surface area contributed by atoms with Crippen LogP contribution in [-0.2, 0) is 10.7 Å². The second kappa shape index (κ2) is 11.4. The van der Waals surface area contributed by atoms with E-state index in [1.165, 1.54) is 24.3 Å². The summed E-state index contributed by atoms with van der Waals surface area (Å²) in [5.41, 5.74) is 0.235. The van der Waals surface area contributed by atoms with Crippen molar-refractivity contribution in [2.45, 2.75) is 19.8 Å². The highest BCUT2D eigenvalue weighted by Gasteiger charge is 2.39. The van der Waals surface area contributed by atoms with E-state index in [9.17, 15) is 9.18 Å². The Morgan fingerprint density at radius 1 is 1.08 bits per heavy atom. The molecule has 1 aliphatic heterocycles. The van der Waals surface area contributed by atoms with Crippen LogP contribution < -0.4 is 15.5 Å². The molecule has 2 aromatic carbocycles. The Labute approximate surface area is 214 Å². The van der Waals surface area contributed by atoms with Crippen LogP contribution in [0.5, 0.6) is 0 Å². The highest BCUT2D eigenvalue weighted by Crippen LogP contribution is 2.37. The third kappa shape index (κ3) is 6.26. The third-order valence-electron chi connectivity index (χ3n) is 6.16. The molecule has 0 aliphatic carbocycles. The number of hydrogen-bond donors (Lipinski definition) is 2. The van der Waals surface area contributed by atoms with Crippen molar-refractivity contribution >= 4 is 28.9 Å². The number of likely N-dealkylation sites (N-methyl/N-ethyl adjacent to an activating group) is 1. The van der Waals surface area contributed by atoms with Gasteiger partial charge in [-0.25, -0.2) is 14.4 Å². The lowest BCUT2D eigenvalue weighted by Gasteiger charge is -2.35. The summed E-state index contributed by atoms with van der Waals surface area (Å²) in [4.78, 5) is 24.1. The summed E-state index contributed by atoms with van der Waals surface area (Å²) in [5, 5.41) is 5.37. The smallest absolute Gasteiger partial charge is 0.318 e. The molecule has 0 spiro atoms. The molecule has 0 radical (unpaired) electrons. The lowest BCUT2D eigenvalue weighted by Crippen LogP contribution is -2.46. The van der Waals surface area contributed by atoms with Gasteiger partial charge in [-0.1, -0.05) is 25.1 Å².